The van der Waals surface area contributed by atoms with Crippen molar-refractivity contribution in [3.05, 3.63) is 71.0 Å². The zero-order chi connectivity index (χ0) is 27.9. The number of aliphatic carboxylic acids is 1. The lowest BCUT2D eigenvalue weighted by atomic mass is 10.00. The molecule has 1 aliphatic carbocycles. The fourth-order valence-electron chi connectivity index (χ4n) is 5.67. The Morgan fingerprint density at radius 1 is 1.00 bits per heavy atom. The second-order valence-corrected chi connectivity index (χ2v) is 10.6. The van der Waals surface area contributed by atoms with Crippen LogP contribution in [0.4, 0.5) is 4.39 Å². The molecule has 2 N–H and O–H groups in total. The molecule has 3 amide bonds. The Kier molecular flexibility index (Phi) is 9.32. The van der Waals surface area contributed by atoms with Crippen LogP contribution in [0.3, 0.4) is 0 Å². The Morgan fingerprint density at radius 2 is 1.69 bits per heavy atom. The quantitative estimate of drug-likeness (QED) is 0.492. The number of carboxylic acids is 1. The minimum Gasteiger partial charge on any atom is -0.481 e. The summed E-state index contributed by atoms with van der Waals surface area (Å²) in [6, 6.07) is 11.4. The van der Waals surface area contributed by atoms with Crippen molar-refractivity contribution in [1.82, 2.24) is 15.1 Å². The summed E-state index contributed by atoms with van der Waals surface area (Å²) < 4.78 is 13.5. The average molecular weight is 538 g/mol. The molecule has 0 bridgehead atoms. The highest BCUT2D eigenvalue weighted by molar-refractivity contribution is 5.99. The number of carbonyl (C=O) groups is 4. The van der Waals surface area contributed by atoms with Crippen LogP contribution in [-0.4, -0.2) is 57.9 Å². The van der Waals surface area contributed by atoms with Crippen molar-refractivity contribution < 1.29 is 28.7 Å². The number of nitrogens with zero attached hydrogens (tertiary/aromatic N) is 2. The second-order valence-electron chi connectivity index (χ2n) is 10.6. The average Bonchev–Trinajstić information content (AvgIpc) is 3.44. The van der Waals surface area contributed by atoms with Crippen LogP contribution in [0.5, 0.6) is 0 Å². The maximum absolute atomic E-state index is 13.9. The molecule has 2 unspecified atom stereocenters. The molecule has 2 atom stereocenters. The SMILES string of the molecule is Cc1cccc(C(CC(=O)O)NC(=O)C2N(C(=O)CCC3CCCC3)CCCN2C(=O)c2ccc(F)cc2)c1. The molecular weight excluding hydrogens is 501 g/mol. The lowest BCUT2D eigenvalue weighted by Gasteiger charge is -2.43. The molecule has 1 saturated carbocycles. The zero-order valence-corrected chi connectivity index (χ0v) is 22.3. The van der Waals surface area contributed by atoms with E-state index in [1.807, 2.05) is 13.0 Å². The number of benzene rings is 2. The fourth-order valence-corrected chi connectivity index (χ4v) is 5.67. The molecule has 2 fully saturated rings. The van der Waals surface area contributed by atoms with Crippen LogP contribution >= 0.6 is 0 Å². The van der Waals surface area contributed by atoms with Gasteiger partial charge in [-0.25, -0.2) is 4.39 Å². The van der Waals surface area contributed by atoms with Gasteiger partial charge in [-0.1, -0.05) is 55.5 Å². The molecule has 1 heterocycles. The summed E-state index contributed by atoms with van der Waals surface area (Å²) in [6.07, 6.45) is 4.43. The third kappa shape index (κ3) is 7.22. The third-order valence-electron chi connectivity index (χ3n) is 7.68. The highest BCUT2D eigenvalue weighted by Crippen LogP contribution is 2.30. The van der Waals surface area contributed by atoms with Crippen LogP contribution in [0.1, 0.15) is 78.9 Å². The molecule has 39 heavy (non-hydrogen) atoms. The largest absolute Gasteiger partial charge is 0.481 e. The number of amides is 3. The molecule has 8 nitrogen and oxygen atoms in total. The number of nitrogens with one attached hydrogen (secondary N) is 1. The van der Waals surface area contributed by atoms with Crippen molar-refractivity contribution in [3.63, 3.8) is 0 Å². The number of carboxylic acid groups (broad SMARTS) is 1. The minimum absolute atomic E-state index is 0.204. The van der Waals surface area contributed by atoms with E-state index in [9.17, 15) is 28.7 Å². The molecule has 1 saturated heterocycles. The van der Waals surface area contributed by atoms with Gasteiger partial charge in [0.05, 0.1) is 12.5 Å². The van der Waals surface area contributed by atoms with Crippen molar-refractivity contribution in [1.29, 1.82) is 0 Å². The first-order chi connectivity index (χ1) is 18.7. The zero-order valence-electron chi connectivity index (χ0n) is 22.3. The van der Waals surface area contributed by atoms with Gasteiger partial charge in [0.15, 0.2) is 6.17 Å². The predicted molar refractivity (Wildman–Crippen MR) is 143 cm³/mol. The number of halogens is 1. The van der Waals surface area contributed by atoms with Gasteiger partial charge in [-0.2, -0.15) is 0 Å². The normalized spacial score (nSPS) is 18.6. The molecule has 2 aromatic carbocycles. The monoisotopic (exact) mass is 537 g/mol. The van der Waals surface area contributed by atoms with E-state index in [-0.39, 0.29) is 30.9 Å². The summed E-state index contributed by atoms with van der Waals surface area (Å²) in [7, 11) is 0. The van der Waals surface area contributed by atoms with Gasteiger partial charge in [-0.05, 0) is 55.5 Å². The van der Waals surface area contributed by atoms with Gasteiger partial charge in [-0.3, -0.25) is 19.2 Å². The molecule has 4 rings (SSSR count). The van der Waals surface area contributed by atoms with E-state index >= 15 is 0 Å². The Hall–Kier alpha value is -3.75. The molecule has 2 aliphatic rings. The van der Waals surface area contributed by atoms with E-state index in [1.165, 1.54) is 34.1 Å². The summed E-state index contributed by atoms with van der Waals surface area (Å²) >= 11 is 0. The summed E-state index contributed by atoms with van der Waals surface area (Å²) in [5, 5.41) is 12.4. The van der Waals surface area contributed by atoms with Crippen LogP contribution in [0, 0.1) is 18.7 Å². The molecule has 0 spiro atoms. The first-order valence-electron chi connectivity index (χ1n) is 13.7. The van der Waals surface area contributed by atoms with Gasteiger partial charge in [0, 0.05) is 25.1 Å². The van der Waals surface area contributed by atoms with Gasteiger partial charge < -0.3 is 20.2 Å². The standard InChI is InChI=1S/C30H36FN3O5/c1-20-6-4-9-23(18-20)25(19-27(36)37)32-28(38)29-33(26(35)15-10-21-7-2-3-8-21)16-5-17-34(29)30(39)22-11-13-24(31)14-12-22/h4,6,9,11-14,18,21,25,29H,2-3,5,7-8,10,15-17,19H2,1H3,(H,32,38)(H,36,37). The topological polar surface area (TPSA) is 107 Å². The predicted octanol–water partition coefficient (Wildman–Crippen LogP) is 4.44. The van der Waals surface area contributed by atoms with Crippen molar-refractivity contribution in [2.24, 2.45) is 5.92 Å². The van der Waals surface area contributed by atoms with Gasteiger partial charge in [-0.15, -0.1) is 0 Å². The van der Waals surface area contributed by atoms with E-state index in [0.717, 1.165) is 37.7 Å². The molecule has 9 heteroatoms. The van der Waals surface area contributed by atoms with Crippen LogP contribution in [0.2, 0.25) is 0 Å². The summed E-state index contributed by atoms with van der Waals surface area (Å²) in [6.45, 7) is 2.41. The van der Waals surface area contributed by atoms with E-state index in [0.29, 0.717) is 24.4 Å². The highest BCUT2D eigenvalue weighted by Gasteiger charge is 2.41. The van der Waals surface area contributed by atoms with Crippen molar-refractivity contribution in [3.8, 4) is 0 Å². The Morgan fingerprint density at radius 3 is 2.36 bits per heavy atom. The number of hydrogen-bond donors (Lipinski definition) is 2. The smallest absolute Gasteiger partial charge is 0.305 e. The molecule has 2 aromatic rings. The van der Waals surface area contributed by atoms with E-state index < -0.39 is 35.8 Å². The van der Waals surface area contributed by atoms with Crippen molar-refractivity contribution in [2.45, 2.75) is 70.5 Å². The first kappa shape index (κ1) is 28.3. The van der Waals surface area contributed by atoms with E-state index in [4.69, 9.17) is 0 Å². The minimum atomic E-state index is -1.24. The summed E-state index contributed by atoms with van der Waals surface area (Å²) in [5.41, 5.74) is 1.74. The molecule has 1 aliphatic heterocycles. The Labute approximate surface area is 228 Å². The van der Waals surface area contributed by atoms with Crippen LogP contribution < -0.4 is 5.32 Å². The maximum atomic E-state index is 13.9. The lowest BCUT2D eigenvalue weighted by Crippen LogP contribution is -2.63. The first-order valence-corrected chi connectivity index (χ1v) is 13.7. The second kappa shape index (κ2) is 12.9. The molecule has 0 radical (unpaired) electrons. The van der Waals surface area contributed by atoms with Crippen LogP contribution in [0.15, 0.2) is 48.5 Å². The van der Waals surface area contributed by atoms with Crippen LogP contribution in [0.25, 0.3) is 0 Å². The summed E-state index contributed by atoms with van der Waals surface area (Å²) in [4.78, 5) is 55.3. The number of rotatable bonds is 9. The van der Waals surface area contributed by atoms with E-state index in [2.05, 4.69) is 5.32 Å². The summed E-state index contributed by atoms with van der Waals surface area (Å²) in [5.74, 6) is -2.40. The molecule has 0 aromatic heterocycles. The van der Waals surface area contributed by atoms with Crippen LogP contribution in [-0.2, 0) is 14.4 Å². The molecule has 208 valence electrons. The Balaban J connectivity index is 1.62. The lowest BCUT2D eigenvalue weighted by molar-refractivity contribution is -0.150. The van der Waals surface area contributed by atoms with Gasteiger partial charge in [0.25, 0.3) is 11.8 Å². The highest BCUT2D eigenvalue weighted by atomic mass is 19.1. The Bertz CT molecular complexity index is 1200. The maximum Gasteiger partial charge on any atom is 0.305 e. The van der Waals surface area contributed by atoms with Crippen molar-refractivity contribution >= 4 is 23.7 Å². The number of carbonyl (C=O) groups excluding carboxylic acids is 3. The molecular formula is C30H36FN3O5. The fraction of sp³-hybridized carbons (Fsp3) is 0.467. The van der Waals surface area contributed by atoms with Gasteiger partial charge in [0.1, 0.15) is 5.82 Å². The van der Waals surface area contributed by atoms with E-state index in [1.54, 1.807) is 18.2 Å². The van der Waals surface area contributed by atoms with Gasteiger partial charge in [0.2, 0.25) is 5.91 Å². The number of aryl methyl sites for hydroxylation is 1. The number of hydrogen-bond acceptors (Lipinski definition) is 4. The van der Waals surface area contributed by atoms with Crippen molar-refractivity contribution in [2.75, 3.05) is 13.1 Å². The third-order valence-corrected chi connectivity index (χ3v) is 7.68. The van der Waals surface area contributed by atoms with Gasteiger partial charge >= 0.3 is 5.97 Å².